The van der Waals surface area contributed by atoms with Gasteiger partial charge in [-0.2, -0.15) is 0 Å². The SMILES string of the molecule is CC(C)c1ccc(C[C@@H]2CCCN2COc2ncccc2C(=O)O)c(C(C)C)c1C[C@@H]1CCCN1COc1ncccc1C(=O)O. The number of aromatic nitrogens is 2. The van der Waals surface area contributed by atoms with E-state index in [-0.39, 0.29) is 35.0 Å². The third kappa shape index (κ3) is 7.67. The lowest BCUT2D eigenvalue weighted by molar-refractivity contribution is 0.0667. The average molecular weight is 631 g/mol. The minimum absolute atomic E-state index is 0.0722. The number of likely N-dealkylation sites (tertiary alicyclic amines) is 2. The van der Waals surface area contributed by atoms with Crippen molar-refractivity contribution in [1.29, 1.82) is 0 Å². The van der Waals surface area contributed by atoms with Crippen LogP contribution in [0.5, 0.6) is 11.8 Å². The van der Waals surface area contributed by atoms with Crippen molar-refractivity contribution in [2.24, 2.45) is 0 Å². The number of hydrogen-bond acceptors (Lipinski definition) is 8. The quantitative estimate of drug-likeness (QED) is 0.212. The molecule has 2 aromatic heterocycles. The third-order valence-corrected chi connectivity index (χ3v) is 9.31. The van der Waals surface area contributed by atoms with Crippen molar-refractivity contribution in [2.45, 2.75) is 90.1 Å². The van der Waals surface area contributed by atoms with Crippen molar-refractivity contribution in [3.63, 3.8) is 0 Å². The van der Waals surface area contributed by atoms with Crippen LogP contribution in [-0.4, -0.2) is 80.6 Å². The Bertz CT molecular complexity index is 1530. The molecular weight excluding hydrogens is 584 g/mol. The lowest BCUT2D eigenvalue weighted by Gasteiger charge is -2.31. The summed E-state index contributed by atoms with van der Waals surface area (Å²) in [6.45, 7) is 11.5. The van der Waals surface area contributed by atoms with Gasteiger partial charge in [0.05, 0.1) is 0 Å². The fourth-order valence-electron chi connectivity index (χ4n) is 7.10. The Hall–Kier alpha value is -4.02. The van der Waals surface area contributed by atoms with E-state index in [1.165, 1.54) is 34.4 Å². The smallest absolute Gasteiger partial charge is 0.341 e. The number of pyridine rings is 2. The van der Waals surface area contributed by atoms with Crippen molar-refractivity contribution in [1.82, 2.24) is 19.8 Å². The zero-order chi connectivity index (χ0) is 32.8. The molecule has 2 N–H and O–H groups in total. The van der Waals surface area contributed by atoms with E-state index in [1.54, 1.807) is 24.5 Å². The van der Waals surface area contributed by atoms with Gasteiger partial charge in [-0.3, -0.25) is 9.80 Å². The number of carboxylic acids is 2. The number of benzene rings is 1. The molecule has 10 nitrogen and oxygen atoms in total. The molecule has 0 saturated carbocycles. The van der Waals surface area contributed by atoms with Crippen molar-refractivity contribution in [2.75, 3.05) is 26.6 Å². The normalized spacial score (nSPS) is 18.8. The molecule has 0 bridgehead atoms. The van der Waals surface area contributed by atoms with Gasteiger partial charge in [-0.15, -0.1) is 0 Å². The Balaban J connectivity index is 1.34. The molecule has 2 aliphatic rings. The molecule has 246 valence electrons. The van der Waals surface area contributed by atoms with Crippen LogP contribution < -0.4 is 9.47 Å². The first-order valence-corrected chi connectivity index (χ1v) is 16.4. The highest BCUT2D eigenvalue weighted by Crippen LogP contribution is 2.36. The van der Waals surface area contributed by atoms with Crippen LogP contribution in [0.4, 0.5) is 0 Å². The lowest BCUT2D eigenvalue weighted by atomic mass is 9.81. The number of nitrogens with zero attached hydrogens (tertiary/aromatic N) is 4. The topological polar surface area (TPSA) is 125 Å². The minimum atomic E-state index is -1.05. The third-order valence-electron chi connectivity index (χ3n) is 9.31. The van der Waals surface area contributed by atoms with Crippen LogP contribution in [-0.2, 0) is 12.8 Å². The fraction of sp³-hybridized carbons (Fsp3) is 0.500. The van der Waals surface area contributed by atoms with E-state index in [2.05, 4.69) is 59.6 Å². The second kappa shape index (κ2) is 15.0. The molecule has 5 rings (SSSR count). The molecule has 0 unspecified atom stereocenters. The van der Waals surface area contributed by atoms with Gasteiger partial charge in [-0.25, -0.2) is 19.6 Å². The summed E-state index contributed by atoms with van der Waals surface area (Å²) in [5.74, 6) is -1.08. The maximum Gasteiger partial charge on any atom is 0.341 e. The maximum atomic E-state index is 11.7. The molecule has 3 aromatic rings. The van der Waals surface area contributed by atoms with E-state index in [0.717, 1.165) is 51.6 Å². The molecule has 0 amide bonds. The zero-order valence-electron chi connectivity index (χ0n) is 27.3. The molecule has 2 atom stereocenters. The van der Waals surface area contributed by atoms with Crippen molar-refractivity contribution in [3.05, 3.63) is 82.2 Å². The highest BCUT2D eigenvalue weighted by Gasteiger charge is 2.31. The standard InChI is InChI=1S/C36H46N4O6/c1-23(2)28-14-13-25(19-26-9-7-17-39(26)21-45-33-29(35(41)42)11-5-15-37-33)32(24(3)4)31(28)20-27-10-8-18-40(27)22-46-34-30(36(43)44)12-6-16-38-34/h5-6,11-16,23-24,26-27H,7-10,17-22H2,1-4H3,(H,41,42)(H,43,44)/t26-,27-/m0/s1. The number of rotatable bonds is 14. The van der Waals surface area contributed by atoms with E-state index < -0.39 is 11.9 Å². The first-order chi connectivity index (χ1) is 22.1. The molecule has 10 heteroatoms. The van der Waals surface area contributed by atoms with Gasteiger partial charge in [0.2, 0.25) is 11.8 Å². The summed E-state index contributed by atoms with van der Waals surface area (Å²) in [7, 11) is 0. The van der Waals surface area contributed by atoms with Crippen LogP contribution >= 0.6 is 0 Å². The second-order valence-electron chi connectivity index (χ2n) is 13.0. The Kier molecular flexibility index (Phi) is 10.9. The predicted molar refractivity (Wildman–Crippen MR) is 175 cm³/mol. The second-order valence-corrected chi connectivity index (χ2v) is 13.0. The van der Waals surface area contributed by atoms with E-state index in [1.807, 2.05) is 0 Å². The van der Waals surface area contributed by atoms with Gasteiger partial charge < -0.3 is 19.7 Å². The molecule has 2 aliphatic heterocycles. The highest BCUT2D eigenvalue weighted by atomic mass is 16.5. The molecule has 2 fully saturated rings. The van der Waals surface area contributed by atoms with Gasteiger partial charge in [0.1, 0.15) is 24.6 Å². The van der Waals surface area contributed by atoms with Gasteiger partial charge in [-0.05, 0) is 96.9 Å². The Labute approximate surface area is 271 Å². The predicted octanol–water partition coefficient (Wildman–Crippen LogP) is 6.21. The molecule has 0 spiro atoms. The number of hydrogen-bond donors (Lipinski definition) is 2. The van der Waals surface area contributed by atoms with Crippen molar-refractivity contribution >= 4 is 11.9 Å². The van der Waals surface area contributed by atoms with Crippen LogP contribution in [0.15, 0.2) is 48.8 Å². The summed E-state index contributed by atoms with van der Waals surface area (Å²) < 4.78 is 11.9. The van der Waals surface area contributed by atoms with Crippen LogP contribution in [0, 0.1) is 0 Å². The minimum Gasteiger partial charge on any atom is -0.477 e. The Morgan fingerprint density at radius 1 is 0.783 bits per heavy atom. The van der Waals surface area contributed by atoms with Gasteiger partial charge in [0.15, 0.2) is 0 Å². The Morgan fingerprint density at radius 2 is 1.30 bits per heavy atom. The van der Waals surface area contributed by atoms with Crippen LogP contribution in [0.2, 0.25) is 0 Å². The van der Waals surface area contributed by atoms with Gasteiger partial charge >= 0.3 is 11.9 Å². The van der Waals surface area contributed by atoms with E-state index in [0.29, 0.717) is 25.3 Å². The summed E-state index contributed by atoms with van der Waals surface area (Å²) in [6.07, 6.45) is 9.14. The molecule has 4 heterocycles. The number of carbonyl (C=O) groups is 2. The summed E-state index contributed by atoms with van der Waals surface area (Å²) in [5, 5.41) is 19.1. The van der Waals surface area contributed by atoms with Gasteiger partial charge in [0, 0.05) is 37.6 Å². The van der Waals surface area contributed by atoms with E-state index in [9.17, 15) is 19.8 Å². The number of ether oxygens (including phenoxy) is 2. The van der Waals surface area contributed by atoms with Crippen LogP contribution in [0.3, 0.4) is 0 Å². The summed E-state index contributed by atoms with van der Waals surface area (Å²) in [5.41, 5.74) is 5.72. The molecule has 1 aromatic carbocycles. The van der Waals surface area contributed by atoms with E-state index >= 15 is 0 Å². The van der Waals surface area contributed by atoms with Crippen molar-refractivity contribution in [3.8, 4) is 11.8 Å². The largest absolute Gasteiger partial charge is 0.477 e. The van der Waals surface area contributed by atoms with Crippen molar-refractivity contribution < 1.29 is 29.3 Å². The van der Waals surface area contributed by atoms with Crippen LogP contribution in [0.25, 0.3) is 0 Å². The lowest BCUT2D eigenvalue weighted by Crippen LogP contribution is -2.36. The van der Waals surface area contributed by atoms with E-state index in [4.69, 9.17) is 9.47 Å². The first kappa shape index (κ1) is 33.3. The number of aromatic carboxylic acids is 2. The summed E-state index contributed by atoms with van der Waals surface area (Å²) >= 11 is 0. The molecule has 0 radical (unpaired) electrons. The maximum absolute atomic E-state index is 11.7. The summed E-state index contributed by atoms with van der Waals surface area (Å²) in [4.78, 5) is 36.3. The van der Waals surface area contributed by atoms with Gasteiger partial charge in [0.25, 0.3) is 0 Å². The fourth-order valence-corrected chi connectivity index (χ4v) is 7.10. The molecular formula is C36H46N4O6. The average Bonchev–Trinajstić information content (AvgIpc) is 3.67. The zero-order valence-corrected chi connectivity index (χ0v) is 27.3. The molecule has 46 heavy (non-hydrogen) atoms. The molecule has 0 aliphatic carbocycles. The first-order valence-electron chi connectivity index (χ1n) is 16.4. The monoisotopic (exact) mass is 630 g/mol. The van der Waals surface area contributed by atoms with Crippen LogP contribution in [0.1, 0.15) is 108 Å². The van der Waals surface area contributed by atoms with Gasteiger partial charge in [-0.1, -0.05) is 39.8 Å². The number of carboxylic acid groups (broad SMARTS) is 2. The summed E-state index contributed by atoms with van der Waals surface area (Å²) in [6, 6.07) is 11.4. The highest BCUT2D eigenvalue weighted by molar-refractivity contribution is 5.90. The Morgan fingerprint density at radius 3 is 1.78 bits per heavy atom. The molecule has 2 saturated heterocycles.